The topological polar surface area (TPSA) is 157 Å². The third-order valence-corrected chi connectivity index (χ3v) is 6.04. The van der Waals surface area contributed by atoms with Crippen LogP contribution in [-0.4, -0.2) is 58.2 Å². The van der Waals surface area contributed by atoms with Gasteiger partial charge < -0.3 is 26.0 Å². The van der Waals surface area contributed by atoms with E-state index >= 15 is 0 Å². The Kier molecular flexibility index (Phi) is 9.75. The number of H-pyrrole nitrogens is 1. The number of Topliss-reactive ketones (excluding diaryl/α,β-unsaturated/α-hetero) is 1. The van der Waals surface area contributed by atoms with Gasteiger partial charge in [-0.05, 0) is 30.0 Å². The van der Waals surface area contributed by atoms with Gasteiger partial charge in [-0.15, -0.1) is 0 Å². The van der Waals surface area contributed by atoms with Crippen LogP contribution in [0.5, 0.6) is 0 Å². The van der Waals surface area contributed by atoms with Crippen LogP contribution in [0.1, 0.15) is 42.6 Å². The molecule has 10 heteroatoms. The lowest BCUT2D eigenvalue weighted by Gasteiger charge is -2.25. The number of aliphatic carboxylic acids is 1. The van der Waals surface area contributed by atoms with Crippen LogP contribution in [0.4, 0.5) is 0 Å². The van der Waals surface area contributed by atoms with Gasteiger partial charge in [-0.25, -0.2) is 0 Å². The van der Waals surface area contributed by atoms with Gasteiger partial charge in [-0.1, -0.05) is 56.3 Å². The lowest BCUT2D eigenvalue weighted by atomic mass is 9.98. The smallest absolute Gasteiger partial charge is 0.305 e. The van der Waals surface area contributed by atoms with E-state index in [1.807, 2.05) is 38.1 Å². The van der Waals surface area contributed by atoms with Gasteiger partial charge in [-0.2, -0.15) is 0 Å². The molecule has 0 saturated carbocycles. The summed E-state index contributed by atoms with van der Waals surface area (Å²) in [5, 5.41) is 17.9. The lowest BCUT2D eigenvalue weighted by molar-refractivity contribution is -0.137. The molecule has 38 heavy (non-hydrogen) atoms. The number of aromatic amines is 1. The van der Waals surface area contributed by atoms with Crippen LogP contribution >= 0.6 is 0 Å². The van der Waals surface area contributed by atoms with Crippen molar-refractivity contribution in [3.8, 4) is 0 Å². The highest BCUT2D eigenvalue weighted by Gasteiger charge is 2.31. The van der Waals surface area contributed by atoms with E-state index in [1.165, 1.54) is 24.3 Å². The number of para-hydroxylation sites is 1. The number of ketones is 1. The average Bonchev–Trinajstić information content (AvgIpc) is 3.30. The number of hydrogen-bond acceptors (Lipinski definition) is 5. The average molecular weight is 520 g/mol. The zero-order valence-electron chi connectivity index (χ0n) is 21.2. The molecule has 1 aromatic heterocycles. The Balaban J connectivity index is 1.77. The van der Waals surface area contributed by atoms with Gasteiger partial charge >= 0.3 is 5.97 Å². The van der Waals surface area contributed by atoms with Crippen molar-refractivity contribution in [1.82, 2.24) is 20.9 Å². The number of carbonyl (C=O) groups is 5. The third kappa shape index (κ3) is 7.52. The van der Waals surface area contributed by atoms with Gasteiger partial charge in [0.15, 0.2) is 5.78 Å². The van der Waals surface area contributed by atoms with Gasteiger partial charge in [0.25, 0.3) is 0 Å². The van der Waals surface area contributed by atoms with Crippen molar-refractivity contribution in [1.29, 1.82) is 0 Å². The third-order valence-electron chi connectivity index (χ3n) is 6.04. The Labute approximate surface area is 220 Å². The second-order valence-electron chi connectivity index (χ2n) is 9.40. The first-order chi connectivity index (χ1) is 18.2. The normalized spacial score (nSPS) is 13.3. The molecule has 0 aliphatic carbocycles. The summed E-state index contributed by atoms with van der Waals surface area (Å²) in [4.78, 5) is 65.3. The largest absolute Gasteiger partial charge is 0.481 e. The second-order valence-corrected chi connectivity index (χ2v) is 9.40. The molecule has 3 atom stereocenters. The minimum Gasteiger partial charge on any atom is -0.481 e. The molecule has 0 bridgehead atoms. The highest BCUT2D eigenvalue weighted by Crippen LogP contribution is 2.19. The summed E-state index contributed by atoms with van der Waals surface area (Å²) in [5.74, 6) is -3.11. The van der Waals surface area contributed by atoms with E-state index in [2.05, 4.69) is 27.0 Å². The van der Waals surface area contributed by atoms with Crippen molar-refractivity contribution in [2.45, 2.75) is 51.2 Å². The molecule has 0 spiro atoms. The fraction of sp³-hybridized carbons (Fsp3) is 0.321. The van der Waals surface area contributed by atoms with Crippen molar-refractivity contribution in [3.05, 3.63) is 71.9 Å². The Morgan fingerprint density at radius 1 is 0.974 bits per heavy atom. The van der Waals surface area contributed by atoms with Crippen molar-refractivity contribution in [2.75, 3.05) is 0 Å². The number of carboxylic acid groups (broad SMARTS) is 1. The zero-order valence-corrected chi connectivity index (χ0v) is 21.2. The van der Waals surface area contributed by atoms with E-state index in [1.54, 1.807) is 6.20 Å². The molecule has 0 aliphatic heterocycles. The summed E-state index contributed by atoms with van der Waals surface area (Å²) < 4.78 is 0. The fourth-order valence-corrected chi connectivity index (χ4v) is 4.21. The summed E-state index contributed by atoms with van der Waals surface area (Å²) in [7, 11) is 0. The van der Waals surface area contributed by atoms with Crippen LogP contribution in [0.3, 0.4) is 0 Å². The molecule has 0 saturated heterocycles. The number of fused-ring (bicyclic) bond motifs is 1. The molecule has 0 fully saturated rings. The van der Waals surface area contributed by atoms with Crippen molar-refractivity contribution in [3.63, 3.8) is 0 Å². The number of amides is 3. The Hall–Kier alpha value is -4.47. The molecule has 199 valence electrons. The molecular formula is C28H31N4O6. The molecule has 0 aliphatic rings. The molecule has 3 amide bonds. The predicted octanol–water partition coefficient (Wildman–Crippen LogP) is 2.00. The first-order valence-electron chi connectivity index (χ1n) is 12.3. The summed E-state index contributed by atoms with van der Waals surface area (Å²) in [6.45, 7) is 3.72. The number of hydrogen-bond donors (Lipinski definition) is 5. The fourth-order valence-electron chi connectivity index (χ4n) is 4.21. The highest BCUT2D eigenvalue weighted by atomic mass is 16.4. The summed E-state index contributed by atoms with van der Waals surface area (Å²) in [6.07, 6.45) is 1.97. The minimum atomic E-state index is -1.33. The minimum absolute atomic E-state index is 0.0181. The molecular weight excluding hydrogens is 488 g/mol. The molecule has 3 rings (SSSR count). The van der Waals surface area contributed by atoms with Gasteiger partial charge in [0.05, 0.1) is 6.42 Å². The van der Waals surface area contributed by atoms with Crippen molar-refractivity contribution >= 4 is 40.9 Å². The van der Waals surface area contributed by atoms with Crippen LogP contribution in [0.2, 0.25) is 0 Å². The number of aromatic nitrogens is 1. The number of rotatable bonds is 14. The van der Waals surface area contributed by atoms with E-state index in [9.17, 15) is 29.1 Å². The first-order valence-corrected chi connectivity index (χ1v) is 12.3. The van der Waals surface area contributed by atoms with Crippen LogP contribution in [0, 0.1) is 12.0 Å². The van der Waals surface area contributed by atoms with Crippen molar-refractivity contribution in [2.24, 2.45) is 5.92 Å². The molecule has 1 heterocycles. The number of nitrogens with one attached hydrogen (secondary N) is 4. The van der Waals surface area contributed by atoms with Gasteiger partial charge in [0.2, 0.25) is 18.2 Å². The molecule has 2 aromatic carbocycles. The SMILES string of the molecule is CC(C)C[C@H](NC(=O)[C@H](Cc1c[nH]c2ccccc12)NC=O)C(=O)N[C@@H](CC(=O)O)C(=O)c1cc[c]cc1. The van der Waals surface area contributed by atoms with E-state index in [0.29, 0.717) is 6.41 Å². The van der Waals surface area contributed by atoms with Crippen molar-refractivity contribution < 1.29 is 29.1 Å². The maximum absolute atomic E-state index is 13.2. The van der Waals surface area contributed by atoms with Gasteiger partial charge in [-0.3, -0.25) is 24.0 Å². The Bertz CT molecular complexity index is 1290. The van der Waals surface area contributed by atoms with Crippen LogP contribution in [0.15, 0.2) is 54.7 Å². The molecule has 10 nitrogen and oxygen atoms in total. The molecule has 5 N–H and O–H groups in total. The number of carbonyl (C=O) groups excluding carboxylic acids is 4. The Morgan fingerprint density at radius 2 is 1.63 bits per heavy atom. The second kappa shape index (κ2) is 13.2. The monoisotopic (exact) mass is 519 g/mol. The summed E-state index contributed by atoms with van der Waals surface area (Å²) in [5.41, 5.74) is 1.93. The van der Waals surface area contributed by atoms with E-state index in [4.69, 9.17) is 0 Å². The number of carboxylic acids is 1. The maximum atomic E-state index is 13.2. The van der Waals surface area contributed by atoms with Crippen LogP contribution in [0.25, 0.3) is 10.9 Å². The number of benzene rings is 2. The molecule has 3 aromatic rings. The first kappa shape index (κ1) is 28.1. The zero-order chi connectivity index (χ0) is 27.7. The van der Waals surface area contributed by atoms with E-state index < -0.39 is 48.1 Å². The van der Waals surface area contributed by atoms with Crippen LogP contribution < -0.4 is 16.0 Å². The van der Waals surface area contributed by atoms with E-state index in [-0.39, 0.29) is 24.3 Å². The summed E-state index contributed by atoms with van der Waals surface area (Å²) in [6, 6.07) is 13.0. The van der Waals surface area contributed by atoms with Crippen LogP contribution in [-0.2, 0) is 25.6 Å². The van der Waals surface area contributed by atoms with E-state index in [0.717, 1.165) is 16.5 Å². The Morgan fingerprint density at radius 3 is 2.29 bits per heavy atom. The predicted molar refractivity (Wildman–Crippen MR) is 140 cm³/mol. The summed E-state index contributed by atoms with van der Waals surface area (Å²) >= 11 is 0. The highest BCUT2D eigenvalue weighted by molar-refractivity contribution is 6.04. The molecule has 0 unspecified atom stereocenters. The molecule has 1 radical (unpaired) electrons. The lowest BCUT2D eigenvalue weighted by Crippen LogP contribution is -2.56. The quantitative estimate of drug-likeness (QED) is 0.162. The standard InChI is InChI=1S/C28H31N4O6/c1-17(2)12-24(28(38)31-22(14-25(34)35)26(36)18-8-4-3-5-9-18)32-27(37)23(30-16-33)13-19-15-29-21-11-7-6-10-20(19)21/h4-11,15-17,22-24,29H,12-14H2,1-2H3,(H,30,33)(H,31,38)(H,32,37)(H,34,35)/t22-,23-,24-/m0/s1. The maximum Gasteiger partial charge on any atom is 0.305 e. The van der Waals surface area contributed by atoms with Gasteiger partial charge in [0.1, 0.15) is 18.1 Å². The van der Waals surface area contributed by atoms with Gasteiger partial charge in [0, 0.05) is 29.1 Å².